The van der Waals surface area contributed by atoms with Gasteiger partial charge in [-0.3, -0.25) is 10.2 Å². The summed E-state index contributed by atoms with van der Waals surface area (Å²) >= 11 is 0. The minimum atomic E-state index is -0.0987. The van der Waals surface area contributed by atoms with Crippen LogP contribution in [0.1, 0.15) is 44.2 Å². The molecule has 0 radical (unpaired) electrons. The van der Waals surface area contributed by atoms with Crippen molar-refractivity contribution in [3.05, 3.63) is 18.1 Å². The maximum Gasteiger partial charge on any atom is 0.291 e. The van der Waals surface area contributed by atoms with E-state index in [1.54, 1.807) is 6.33 Å². The molecule has 0 unspecified atom stereocenters. The summed E-state index contributed by atoms with van der Waals surface area (Å²) < 4.78 is 6.34. The Balaban J connectivity index is 1.24. The van der Waals surface area contributed by atoms with Crippen molar-refractivity contribution in [1.82, 2.24) is 14.9 Å². The number of aromatic nitrogens is 2. The molecule has 1 saturated carbocycles. The molecule has 4 aliphatic heterocycles. The molecule has 0 aromatic carbocycles. The Kier molecular flexibility index (Phi) is 3.88. The largest absolute Gasteiger partial charge is 0.455 e. The van der Waals surface area contributed by atoms with Crippen molar-refractivity contribution in [2.45, 2.75) is 50.5 Å². The van der Waals surface area contributed by atoms with Gasteiger partial charge in [-0.1, -0.05) is 25.7 Å². The van der Waals surface area contributed by atoms with Gasteiger partial charge in [0.1, 0.15) is 17.7 Å². The molecule has 5 heterocycles. The maximum atomic E-state index is 6.34. The lowest BCUT2D eigenvalue weighted by molar-refractivity contribution is -0.0829. The minimum Gasteiger partial charge on any atom is -0.455 e. The van der Waals surface area contributed by atoms with Crippen LogP contribution in [0.5, 0.6) is 0 Å². The summed E-state index contributed by atoms with van der Waals surface area (Å²) in [5, 5.41) is 3.30. The van der Waals surface area contributed by atoms with Gasteiger partial charge in [0.2, 0.25) is 0 Å². The van der Waals surface area contributed by atoms with E-state index in [1.165, 1.54) is 51.6 Å². The highest BCUT2D eigenvalue weighted by molar-refractivity contribution is 5.89. The highest BCUT2D eigenvalue weighted by Gasteiger charge is 2.51. The minimum absolute atomic E-state index is 0.0987. The van der Waals surface area contributed by atoms with Crippen molar-refractivity contribution in [3.8, 4) is 0 Å². The van der Waals surface area contributed by atoms with Gasteiger partial charge in [0.15, 0.2) is 0 Å². The first kappa shape index (κ1) is 15.6. The van der Waals surface area contributed by atoms with E-state index >= 15 is 0 Å². The Hall–Kier alpha value is -1.69. The van der Waals surface area contributed by atoms with E-state index in [0.717, 1.165) is 36.9 Å². The molecule has 5 aliphatic rings. The Morgan fingerprint density at radius 3 is 2.76 bits per heavy atom. The van der Waals surface area contributed by atoms with Crippen LogP contribution in [0.15, 0.2) is 17.4 Å². The number of aliphatic imine (C=N–C) groups is 1. The molecule has 25 heavy (non-hydrogen) atoms. The molecular weight excluding hydrogens is 314 g/mol. The number of piperidine rings is 3. The molecule has 1 spiro atoms. The average Bonchev–Trinajstić information content (AvgIpc) is 3.27. The van der Waals surface area contributed by atoms with Gasteiger partial charge in [-0.25, -0.2) is 15.0 Å². The van der Waals surface area contributed by atoms with Gasteiger partial charge in [0.25, 0.3) is 6.02 Å². The van der Waals surface area contributed by atoms with Crippen LogP contribution in [0.3, 0.4) is 0 Å². The number of hydrogen-bond donors (Lipinski definition) is 1. The summed E-state index contributed by atoms with van der Waals surface area (Å²) in [6, 6.07) is 2.70. The topological polar surface area (TPSA) is 62.6 Å². The van der Waals surface area contributed by atoms with Crippen molar-refractivity contribution in [2.75, 3.05) is 31.5 Å². The van der Waals surface area contributed by atoms with E-state index in [2.05, 4.69) is 31.2 Å². The summed E-state index contributed by atoms with van der Waals surface area (Å²) in [6.07, 6.45) is 10.6. The smallest absolute Gasteiger partial charge is 0.291 e. The Morgan fingerprint density at radius 2 is 2.00 bits per heavy atom. The van der Waals surface area contributed by atoms with Crippen molar-refractivity contribution >= 4 is 11.8 Å². The van der Waals surface area contributed by atoms with Crippen LogP contribution in [0.4, 0.5) is 5.82 Å². The molecule has 1 atom stereocenters. The van der Waals surface area contributed by atoms with Gasteiger partial charge in [-0.15, -0.1) is 0 Å². The SMILES string of the molecule is c1nc(CC2CCCC2)cc(NC2=NC[C@@]3(CN4CCC3CC4)O2)n1. The number of nitrogens with one attached hydrogen (secondary N) is 1. The Labute approximate surface area is 149 Å². The fourth-order valence-electron chi connectivity index (χ4n) is 5.14. The van der Waals surface area contributed by atoms with Crippen molar-refractivity contribution in [2.24, 2.45) is 16.8 Å². The second-order valence-corrected chi connectivity index (χ2v) is 8.21. The molecule has 6 nitrogen and oxygen atoms in total. The number of ether oxygens (including phenoxy) is 1. The van der Waals surface area contributed by atoms with Crippen LogP contribution in [0, 0.1) is 11.8 Å². The van der Waals surface area contributed by atoms with Gasteiger partial charge >= 0.3 is 0 Å². The lowest BCUT2D eigenvalue weighted by atomic mass is 9.75. The zero-order chi connectivity index (χ0) is 16.7. The van der Waals surface area contributed by atoms with Crippen LogP contribution < -0.4 is 5.32 Å². The summed E-state index contributed by atoms with van der Waals surface area (Å²) in [6.45, 7) is 4.23. The van der Waals surface area contributed by atoms with Gasteiger partial charge in [0.05, 0.1) is 6.54 Å². The number of fused-ring (bicyclic) bond motifs is 2. The third kappa shape index (κ3) is 3.01. The molecule has 1 aromatic rings. The van der Waals surface area contributed by atoms with Crippen molar-refractivity contribution in [3.63, 3.8) is 0 Å². The highest BCUT2D eigenvalue weighted by Crippen LogP contribution is 2.40. The van der Waals surface area contributed by atoms with Crippen LogP contribution in [-0.2, 0) is 11.2 Å². The predicted octanol–water partition coefficient (Wildman–Crippen LogP) is 2.47. The van der Waals surface area contributed by atoms with Gasteiger partial charge in [0, 0.05) is 24.2 Å². The fourth-order valence-corrected chi connectivity index (χ4v) is 5.14. The number of anilines is 1. The lowest BCUT2D eigenvalue weighted by Crippen LogP contribution is -2.61. The summed E-state index contributed by atoms with van der Waals surface area (Å²) in [5.41, 5.74) is 1.03. The quantitative estimate of drug-likeness (QED) is 0.915. The van der Waals surface area contributed by atoms with E-state index in [9.17, 15) is 0 Å². The first-order valence-electron chi connectivity index (χ1n) is 9.83. The zero-order valence-electron chi connectivity index (χ0n) is 14.8. The molecule has 6 heteroatoms. The molecule has 1 aromatic heterocycles. The molecule has 134 valence electrons. The predicted molar refractivity (Wildman–Crippen MR) is 96.6 cm³/mol. The van der Waals surface area contributed by atoms with E-state index in [1.807, 2.05) is 0 Å². The molecule has 0 amide bonds. The first-order chi connectivity index (χ1) is 12.3. The number of hydrogen-bond acceptors (Lipinski definition) is 6. The van der Waals surface area contributed by atoms with E-state index < -0.39 is 0 Å². The lowest BCUT2D eigenvalue weighted by Gasteiger charge is -2.50. The van der Waals surface area contributed by atoms with E-state index in [4.69, 9.17) is 4.74 Å². The van der Waals surface area contributed by atoms with Crippen LogP contribution in [0.2, 0.25) is 0 Å². The standard InChI is InChI=1S/C19H27N5O/c1-2-4-14(3-1)9-16-10-17(22-13-21-16)23-18-20-11-19(25-18)12-24-7-5-15(19)6-8-24/h10,13-15H,1-9,11-12H2,(H,20,21,22,23)/t19-/m0/s1. The van der Waals surface area contributed by atoms with E-state index in [0.29, 0.717) is 11.9 Å². The van der Waals surface area contributed by atoms with Crippen molar-refractivity contribution < 1.29 is 4.74 Å². The van der Waals surface area contributed by atoms with E-state index in [-0.39, 0.29) is 5.60 Å². The molecule has 2 bridgehead atoms. The summed E-state index contributed by atoms with van der Waals surface area (Å²) in [4.78, 5) is 16.0. The van der Waals surface area contributed by atoms with Gasteiger partial charge < -0.3 is 4.74 Å². The van der Waals surface area contributed by atoms with Gasteiger partial charge in [-0.05, 0) is 38.3 Å². The average molecular weight is 341 g/mol. The highest BCUT2D eigenvalue weighted by atomic mass is 16.5. The molecule has 1 aliphatic carbocycles. The summed E-state index contributed by atoms with van der Waals surface area (Å²) in [5.74, 6) is 2.24. The molecule has 3 saturated heterocycles. The molecular formula is C19H27N5O. The van der Waals surface area contributed by atoms with Crippen LogP contribution >= 0.6 is 0 Å². The number of nitrogens with zero attached hydrogens (tertiary/aromatic N) is 4. The summed E-state index contributed by atoms with van der Waals surface area (Å²) in [7, 11) is 0. The second kappa shape index (κ2) is 6.24. The number of rotatable bonds is 3. The van der Waals surface area contributed by atoms with Gasteiger partial charge in [-0.2, -0.15) is 0 Å². The molecule has 1 N–H and O–H groups in total. The first-order valence-corrected chi connectivity index (χ1v) is 9.83. The molecule has 4 fully saturated rings. The van der Waals surface area contributed by atoms with Crippen LogP contribution in [-0.4, -0.2) is 52.7 Å². The fraction of sp³-hybridized carbons (Fsp3) is 0.737. The van der Waals surface area contributed by atoms with Crippen molar-refractivity contribution in [1.29, 1.82) is 0 Å². The zero-order valence-corrected chi connectivity index (χ0v) is 14.8. The third-order valence-corrected chi connectivity index (χ3v) is 6.54. The number of amidine groups is 1. The monoisotopic (exact) mass is 341 g/mol. The third-order valence-electron chi connectivity index (χ3n) is 6.54. The maximum absolute atomic E-state index is 6.34. The molecule has 6 rings (SSSR count). The normalized spacial score (nSPS) is 34.3. The second-order valence-electron chi connectivity index (χ2n) is 8.21. The van der Waals surface area contributed by atoms with Crippen LogP contribution in [0.25, 0.3) is 0 Å². The Morgan fingerprint density at radius 1 is 1.16 bits per heavy atom. The Bertz CT molecular complexity index is 664.